The molecule has 13 rings (SSSR count). The number of benzene rings is 8. The molecule has 0 fully saturated rings. The van der Waals surface area contributed by atoms with Gasteiger partial charge in [0.1, 0.15) is 39.1 Å². The van der Waals surface area contributed by atoms with Gasteiger partial charge in [0, 0.05) is 43.3 Å². The van der Waals surface area contributed by atoms with Crippen molar-refractivity contribution in [1.82, 2.24) is 14.5 Å². The van der Waals surface area contributed by atoms with E-state index in [1.54, 1.807) is 0 Å². The molecule has 5 aromatic heterocycles. The van der Waals surface area contributed by atoms with Gasteiger partial charge in [0.05, 0.1) is 11.0 Å². The van der Waals surface area contributed by atoms with Gasteiger partial charge in [0.2, 0.25) is 5.95 Å². The molecule has 13 aromatic rings. The van der Waals surface area contributed by atoms with Gasteiger partial charge in [-0.15, -0.1) is 0 Å². The van der Waals surface area contributed by atoms with E-state index in [1.807, 2.05) is 48.5 Å². The summed E-state index contributed by atoms with van der Waals surface area (Å²) in [4.78, 5) is 10.7. The molecule has 0 aliphatic heterocycles. The fourth-order valence-corrected chi connectivity index (χ4v) is 8.92. The summed E-state index contributed by atoms with van der Waals surface area (Å²) < 4.78 is 21.6. The highest BCUT2D eigenvalue weighted by Crippen LogP contribution is 2.43. The van der Waals surface area contributed by atoms with Gasteiger partial charge in [-0.05, 0) is 82.6 Å². The fourth-order valence-electron chi connectivity index (χ4n) is 8.92. The van der Waals surface area contributed by atoms with E-state index in [9.17, 15) is 0 Å². The van der Waals surface area contributed by atoms with E-state index in [1.165, 1.54) is 21.7 Å². The van der Waals surface area contributed by atoms with Crippen LogP contribution in [0.1, 0.15) is 0 Å². The normalized spacial score (nSPS) is 12.3. The molecule has 0 bridgehead atoms. The van der Waals surface area contributed by atoms with Gasteiger partial charge in [-0.3, -0.25) is 4.57 Å². The van der Waals surface area contributed by atoms with Gasteiger partial charge in [-0.1, -0.05) is 103 Å². The van der Waals surface area contributed by atoms with Crippen LogP contribution in [0.3, 0.4) is 0 Å². The molecule has 0 atom stereocenters. The van der Waals surface area contributed by atoms with Gasteiger partial charge in [0.15, 0.2) is 5.58 Å². The zero-order chi connectivity index (χ0) is 36.5. The highest BCUT2D eigenvalue weighted by molar-refractivity contribution is 6.26. The van der Waals surface area contributed by atoms with Crippen molar-refractivity contribution in [2.75, 3.05) is 0 Å². The minimum absolute atomic E-state index is 0.568. The number of hydrogen-bond donors (Lipinski definition) is 0. The Hall–Kier alpha value is -7.70. The van der Waals surface area contributed by atoms with E-state index in [0.717, 1.165) is 87.9 Å². The maximum absolute atomic E-state index is 6.60. The molecule has 6 heteroatoms. The molecule has 6 nitrogen and oxygen atoms in total. The van der Waals surface area contributed by atoms with Crippen LogP contribution in [0.5, 0.6) is 0 Å². The van der Waals surface area contributed by atoms with Crippen molar-refractivity contribution in [3.8, 4) is 28.3 Å². The third-order valence-corrected chi connectivity index (χ3v) is 11.4. The Balaban J connectivity index is 1.10. The summed E-state index contributed by atoms with van der Waals surface area (Å²) in [7, 11) is 0. The first kappa shape index (κ1) is 29.7. The SMILES string of the molecule is c1ccc(-c2ccc3c(c2)c2c4ccccc4ccc2n3-c2nc(-c3ccc4c(c3)oc3ccc5oc6ccccc6c5c34)c3oc4ccccc4c3n2)cc1. The minimum atomic E-state index is 0.568. The highest BCUT2D eigenvalue weighted by Gasteiger charge is 2.23. The summed E-state index contributed by atoms with van der Waals surface area (Å²) in [5, 5.41) is 9.79. The maximum atomic E-state index is 6.60. The van der Waals surface area contributed by atoms with Crippen LogP contribution in [0.4, 0.5) is 0 Å². The molecule has 56 heavy (non-hydrogen) atoms. The van der Waals surface area contributed by atoms with Crippen LogP contribution in [0.25, 0.3) is 127 Å². The molecule has 0 spiro atoms. The van der Waals surface area contributed by atoms with E-state index in [0.29, 0.717) is 17.2 Å². The summed E-state index contributed by atoms with van der Waals surface area (Å²) in [5.74, 6) is 0.568. The van der Waals surface area contributed by atoms with Crippen LogP contribution in [0.15, 0.2) is 177 Å². The molecule has 0 aliphatic rings. The van der Waals surface area contributed by atoms with Crippen molar-refractivity contribution in [1.29, 1.82) is 0 Å². The van der Waals surface area contributed by atoms with E-state index in [4.69, 9.17) is 23.2 Å². The smallest absolute Gasteiger partial charge is 0.236 e. The third kappa shape index (κ3) is 4.04. The van der Waals surface area contributed by atoms with Crippen molar-refractivity contribution in [2.24, 2.45) is 0 Å². The van der Waals surface area contributed by atoms with Crippen LogP contribution in [-0.2, 0) is 0 Å². The molecular weight excluding hydrogens is 691 g/mol. The lowest BCUT2D eigenvalue weighted by Gasteiger charge is -2.10. The Kier molecular flexibility index (Phi) is 5.80. The van der Waals surface area contributed by atoms with Gasteiger partial charge in [-0.2, -0.15) is 0 Å². The molecule has 0 saturated carbocycles. The number of para-hydroxylation sites is 2. The molecule has 0 N–H and O–H groups in total. The Labute approximate surface area is 317 Å². The lowest BCUT2D eigenvalue weighted by Crippen LogP contribution is -2.03. The topological polar surface area (TPSA) is 70.1 Å². The zero-order valence-electron chi connectivity index (χ0n) is 29.7. The summed E-state index contributed by atoms with van der Waals surface area (Å²) in [6.45, 7) is 0. The number of aromatic nitrogens is 3. The van der Waals surface area contributed by atoms with Crippen molar-refractivity contribution in [2.45, 2.75) is 0 Å². The first-order valence-corrected chi connectivity index (χ1v) is 18.7. The Morgan fingerprint density at radius 1 is 0.375 bits per heavy atom. The fraction of sp³-hybridized carbons (Fsp3) is 0. The first-order valence-electron chi connectivity index (χ1n) is 18.7. The summed E-state index contributed by atoms with van der Waals surface area (Å²) in [5.41, 5.74) is 11.4. The van der Waals surface area contributed by atoms with Crippen molar-refractivity contribution >= 4 is 98.5 Å². The van der Waals surface area contributed by atoms with Crippen LogP contribution < -0.4 is 0 Å². The second-order valence-electron chi connectivity index (χ2n) is 14.5. The predicted molar refractivity (Wildman–Crippen MR) is 227 cm³/mol. The summed E-state index contributed by atoms with van der Waals surface area (Å²) in [6, 6.07) is 56.7. The minimum Gasteiger partial charge on any atom is -0.456 e. The molecule has 0 aliphatic carbocycles. The largest absolute Gasteiger partial charge is 0.456 e. The molecule has 0 unspecified atom stereocenters. The van der Waals surface area contributed by atoms with Crippen LogP contribution in [-0.4, -0.2) is 14.5 Å². The van der Waals surface area contributed by atoms with Crippen LogP contribution >= 0.6 is 0 Å². The average Bonchev–Trinajstić information content (AvgIpc) is 4.01. The molecule has 0 radical (unpaired) electrons. The van der Waals surface area contributed by atoms with Gasteiger partial charge >= 0.3 is 0 Å². The average molecular weight is 718 g/mol. The van der Waals surface area contributed by atoms with E-state index >= 15 is 0 Å². The predicted octanol–water partition coefficient (Wildman–Crippen LogP) is 13.8. The molecule has 260 valence electrons. The second kappa shape index (κ2) is 10.9. The summed E-state index contributed by atoms with van der Waals surface area (Å²) in [6.07, 6.45) is 0. The first-order chi connectivity index (χ1) is 27.7. The van der Waals surface area contributed by atoms with Crippen molar-refractivity contribution < 1.29 is 13.3 Å². The Morgan fingerprint density at radius 2 is 1.04 bits per heavy atom. The molecule has 0 saturated heterocycles. The quantitative estimate of drug-likeness (QED) is 0.182. The lowest BCUT2D eigenvalue weighted by molar-refractivity contribution is 0.662. The Morgan fingerprint density at radius 3 is 1.88 bits per heavy atom. The Bertz CT molecular complexity index is 3770. The van der Waals surface area contributed by atoms with Gasteiger partial charge in [0.25, 0.3) is 0 Å². The third-order valence-electron chi connectivity index (χ3n) is 11.4. The standard InChI is InChI=1S/C50H27N3O3/c1-2-10-28(11-3-1)30-20-22-37-36(26-30)44-32-13-5-4-12-29(32)19-23-38(44)53(37)50-51-47(49-48(52-50)35-15-7-9-17-40(35)56-49)31-18-21-34-43(27-31)55-42-25-24-41-45(46(34)42)33-14-6-8-16-39(33)54-41/h1-27H. The van der Waals surface area contributed by atoms with Crippen LogP contribution in [0, 0.1) is 0 Å². The number of rotatable bonds is 3. The van der Waals surface area contributed by atoms with Crippen molar-refractivity contribution in [3.63, 3.8) is 0 Å². The van der Waals surface area contributed by atoms with Crippen molar-refractivity contribution in [3.05, 3.63) is 164 Å². The van der Waals surface area contributed by atoms with E-state index < -0.39 is 0 Å². The number of fused-ring (bicyclic) bond motifs is 15. The molecule has 0 amide bonds. The van der Waals surface area contributed by atoms with E-state index in [2.05, 4.69) is 120 Å². The number of hydrogen-bond acceptors (Lipinski definition) is 5. The highest BCUT2D eigenvalue weighted by atomic mass is 16.3. The number of furan rings is 3. The second-order valence-corrected chi connectivity index (χ2v) is 14.5. The van der Waals surface area contributed by atoms with Gasteiger partial charge in [-0.25, -0.2) is 9.97 Å². The monoisotopic (exact) mass is 717 g/mol. The molecule has 8 aromatic carbocycles. The van der Waals surface area contributed by atoms with Gasteiger partial charge < -0.3 is 13.3 Å². The summed E-state index contributed by atoms with van der Waals surface area (Å²) >= 11 is 0. The maximum Gasteiger partial charge on any atom is 0.236 e. The lowest BCUT2D eigenvalue weighted by atomic mass is 10.0. The number of nitrogens with zero attached hydrogens (tertiary/aromatic N) is 3. The van der Waals surface area contributed by atoms with E-state index in [-0.39, 0.29) is 0 Å². The zero-order valence-corrected chi connectivity index (χ0v) is 29.7. The molecule has 5 heterocycles. The molecular formula is C50H27N3O3. The van der Waals surface area contributed by atoms with Crippen LogP contribution in [0.2, 0.25) is 0 Å².